The van der Waals surface area contributed by atoms with Crippen molar-refractivity contribution in [3.63, 3.8) is 0 Å². The molecule has 1 saturated heterocycles. The molecule has 0 aliphatic carbocycles. The summed E-state index contributed by atoms with van der Waals surface area (Å²) >= 11 is 3.44. The average molecular weight is 343 g/mol. The van der Waals surface area contributed by atoms with Crippen LogP contribution in [0.1, 0.15) is 22.3 Å². The lowest BCUT2D eigenvalue weighted by molar-refractivity contribution is 0.0757. The summed E-state index contributed by atoms with van der Waals surface area (Å²) in [6.45, 7) is 6.07. The van der Waals surface area contributed by atoms with Crippen molar-refractivity contribution in [3.05, 3.63) is 35.1 Å². The standard InChI is InChI=1S/C15H20BrFN2O/c1-12-3-4-14(17)13(11-12)15(20)19-7-2-6-18(8-5-16)9-10-19/h3-4,11H,2,5-10H2,1H3. The number of nitrogens with zero attached hydrogens (tertiary/aromatic N) is 2. The second-order valence-corrected chi connectivity index (χ2v) is 5.95. The highest BCUT2D eigenvalue weighted by Gasteiger charge is 2.22. The van der Waals surface area contributed by atoms with E-state index in [9.17, 15) is 9.18 Å². The van der Waals surface area contributed by atoms with E-state index in [1.807, 2.05) is 6.92 Å². The van der Waals surface area contributed by atoms with Crippen molar-refractivity contribution < 1.29 is 9.18 Å². The molecule has 0 unspecified atom stereocenters. The quantitative estimate of drug-likeness (QED) is 0.788. The van der Waals surface area contributed by atoms with Gasteiger partial charge in [-0.1, -0.05) is 27.6 Å². The van der Waals surface area contributed by atoms with Gasteiger partial charge in [-0.25, -0.2) is 4.39 Å². The number of aryl methyl sites for hydroxylation is 1. The molecule has 0 saturated carbocycles. The van der Waals surface area contributed by atoms with Crippen molar-refractivity contribution in [2.75, 3.05) is 38.1 Å². The zero-order valence-electron chi connectivity index (χ0n) is 11.7. The molecule has 2 rings (SSSR count). The largest absolute Gasteiger partial charge is 0.337 e. The molecule has 5 heteroatoms. The lowest BCUT2D eigenvalue weighted by Gasteiger charge is -2.22. The zero-order chi connectivity index (χ0) is 14.5. The SMILES string of the molecule is Cc1ccc(F)c(C(=O)N2CCCN(CCBr)CC2)c1. The lowest BCUT2D eigenvalue weighted by Crippen LogP contribution is -2.36. The molecule has 1 amide bonds. The number of carbonyl (C=O) groups excluding carboxylic acids is 1. The van der Waals surface area contributed by atoms with E-state index in [2.05, 4.69) is 20.8 Å². The molecule has 1 aromatic rings. The molecular formula is C15H20BrFN2O. The third-order valence-corrected chi connectivity index (χ3v) is 3.98. The molecular weight excluding hydrogens is 323 g/mol. The Hall–Kier alpha value is -0.940. The summed E-state index contributed by atoms with van der Waals surface area (Å²) in [5.41, 5.74) is 1.10. The van der Waals surface area contributed by atoms with Crippen molar-refractivity contribution in [2.24, 2.45) is 0 Å². The molecule has 0 atom stereocenters. The van der Waals surface area contributed by atoms with Gasteiger partial charge >= 0.3 is 0 Å². The first-order valence-corrected chi connectivity index (χ1v) is 8.07. The van der Waals surface area contributed by atoms with Gasteiger partial charge in [0.1, 0.15) is 5.82 Å². The van der Waals surface area contributed by atoms with E-state index >= 15 is 0 Å². The van der Waals surface area contributed by atoms with Crippen LogP contribution in [0.25, 0.3) is 0 Å². The number of hydrogen-bond donors (Lipinski definition) is 0. The molecule has 0 radical (unpaired) electrons. The fourth-order valence-corrected chi connectivity index (χ4v) is 2.99. The molecule has 1 aliphatic heterocycles. The highest BCUT2D eigenvalue weighted by molar-refractivity contribution is 9.09. The zero-order valence-corrected chi connectivity index (χ0v) is 13.3. The average Bonchev–Trinajstić information content (AvgIpc) is 2.67. The van der Waals surface area contributed by atoms with E-state index in [-0.39, 0.29) is 11.5 Å². The van der Waals surface area contributed by atoms with Crippen LogP contribution in [-0.4, -0.2) is 53.8 Å². The second kappa shape index (κ2) is 7.18. The van der Waals surface area contributed by atoms with Gasteiger partial charge in [0.05, 0.1) is 5.56 Å². The Kier molecular flexibility index (Phi) is 5.54. The predicted molar refractivity (Wildman–Crippen MR) is 81.9 cm³/mol. The van der Waals surface area contributed by atoms with E-state index in [4.69, 9.17) is 0 Å². The van der Waals surface area contributed by atoms with Gasteiger partial charge in [-0.15, -0.1) is 0 Å². The number of rotatable bonds is 3. The summed E-state index contributed by atoms with van der Waals surface area (Å²) in [6.07, 6.45) is 0.937. The third-order valence-electron chi connectivity index (χ3n) is 3.63. The fraction of sp³-hybridized carbons (Fsp3) is 0.533. The van der Waals surface area contributed by atoms with Gasteiger partial charge in [-0.2, -0.15) is 0 Å². The maximum absolute atomic E-state index is 13.8. The number of halogens is 2. The summed E-state index contributed by atoms with van der Waals surface area (Å²) in [5, 5.41) is 0.938. The number of carbonyl (C=O) groups is 1. The van der Waals surface area contributed by atoms with Crippen molar-refractivity contribution in [1.29, 1.82) is 0 Å². The molecule has 1 heterocycles. The fourth-order valence-electron chi connectivity index (χ4n) is 2.49. The van der Waals surface area contributed by atoms with E-state index in [0.29, 0.717) is 13.1 Å². The highest BCUT2D eigenvalue weighted by Crippen LogP contribution is 2.14. The normalized spacial score (nSPS) is 17.1. The van der Waals surface area contributed by atoms with Gasteiger partial charge in [0.25, 0.3) is 5.91 Å². The molecule has 0 bridgehead atoms. The van der Waals surface area contributed by atoms with Crippen molar-refractivity contribution in [3.8, 4) is 0 Å². The van der Waals surface area contributed by atoms with Crippen LogP contribution in [0.2, 0.25) is 0 Å². The summed E-state index contributed by atoms with van der Waals surface area (Å²) in [5.74, 6) is -0.617. The van der Waals surface area contributed by atoms with Crippen LogP contribution in [0, 0.1) is 12.7 Å². The van der Waals surface area contributed by atoms with E-state index in [1.165, 1.54) is 6.07 Å². The van der Waals surface area contributed by atoms with Gasteiger partial charge in [0.15, 0.2) is 0 Å². The number of amides is 1. The van der Waals surface area contributed by atoms with Crippen LogP contribution >= 0.6 is 15.9 Å². The Balaban J connectivity index is 2.07. The molecule has 110 valence electrons. The Morgan fingerprint density at radius 2 is 2.10 bits per heavy atom. The van der Waals surface area contributed by atoms with E-state index in [0.717, 1.165) is 36.9 Å². The maximum atomic E-state index is 13.8. The van der Waals surface area contributed by atoms with Crippen LogP contribution < -0.4 is 0 Å². The Bertz CT molecular complexity index is 481. The molecule has 3 nitrogen and oxygen atoms in total. The molecule has 1 fully saturated rings. The molecule has 20 heavy (non-hydrogen) atoms. The number of alkyl halides is 1. The molecule has 1 aliphatic rings. The third kappa shape index (κ3) is 3.79. The van der Waals surface area contributed by atoms with Crippen LogP contribution in [0.5, 0.6) is 0 Å². The minimum atomic E-state index is -0.429. The van der Waals surface area contributed by atoms with Gasteiger partial charge in [-0.3, -0.25) is 4.79 Å². The molecule has 1 aromatic carbocycles. The smallest absolute Gasteiger partial charge is 0.256 e. The summed E-state index contributed by atoms with van der Waals surface area (Å²) in [4.78, 5) is 16.5. The number of hydrogen-bond acceptors (Lipinski definition) is 2. The first-order chi connectivity index (χ1) is 9.61. The van der Waals surface area contributed by atoms with Crippen molar-refractivity contribution in [1.82, 2.24) is 9.80 Å². The monoisotopic (exact) mass is 342 g/mol. The summed E-state index contributed by atoms with van der Waals surface area (Å²) in [7, 11) is 0. The van der Waals surface area contributed by atoms with Gasteiger partial charge in [-0.05, 0) is 32.0 Å². The van der Waals surface area contributed by atoms with Gasteiger partial charge in [0, 0.05) is 31.5 Å². The Labute approximate surface area is 127 Å². The first-order valence-electron chi connectivity index (χ1n) is 6.95. The summed E-state index contributed by atoms with van der Waals surface area (Å²) in [6, 6.07) is 4.70. The van der Waals surface area contributed by atoms with Crippen molar-refractivity contribution in [2.45, 2.75) is 13.3 Å². The van der Waals surface area contributed by atoms with Crippen molar-refractivity contribution >= 4 is 21.8 Å². The predicted octanol–water partition coefficient (Wildman–Crippen LogP) is 2.68. The Morgan fingerprint density at radius 3 is 2.85 bits per heavy atom. The van der Waals surface area contributed by atoms with E-state index < -0.39 is 5.82 Å². The van der Waals surface area contributed by atoms with E-state index in [1.54, 1.807) is 17.0 Å². The summed E-state index contributed by atoms with van der Waals surface area (Å²) < 4.78 is 13.8. The molecule has 0 aromatic heterocycles. The lowest BCUT2D eigenvalue weighted by atomic mass is 10.1. The first kappa shape index (κ1) is 15.4. The van der Waals surface area contributed by atoms with Crippen LogP contribution in [0.15, 0.2) is 18.2 Å². The topological polar surface area (TPSA) is 23.6 Å². The Morgan fingerprint density at radius 1 is 1.30 bits per heavy atom. The van der Waals surface area contributed by atoms with Gasteiger partial charge in [0.2, 0.25) is 0 Å². The highest BCUT2D eigenvalue weighted by atomic mass is 79.9. The van der Waals surface area contributed by atoms with Crippen LogP contribution in [0.3, 0.4) is 0 Å². The molecule has 0 spiro atoms. The molecule has 0 N–H and O–H groups in total. The van der Waals surface area contributed by atoms with Crippen LogP contribution in [-0.2, 0) is 0 Å². The second-order valence-electron chi connectivity index (χ2n) is 5.16. The number of benzene rings is 1. The minimum Gasteiger partial charge on any atom is -0.337 e. The van der Waals surface area contributed by atoms with Gasteiger partial charge < -0.3 is 9.80 Å². The minimum absolute atomic E-state index is 0.188. The maximum Gasteiger partial charge on any atom is 0.256 e. The van der Waals surface area contributed by atoms with Crippen LogP contribution in [0.4, 0.5) is 4.39 Å².